The van der Waals surface area contributed by atoms with Crippen molar-refractivity contribution in [3.63, 3.8) is 0 Å². The second kappa shape index (κ2) is 6.30. The van der Waals surface area contributed by atoms with E-state index < -0.39 is 0 Å². The largest absolute Gasteiger partial charge is 0.320 e. The van der Waals surface area contributed by atoms with E-state index in [1.54, 1.807) is 0 Å². The highest BCUT2D eigenvalue weighted by molar-refractivity contribution is 9.11. The van der Waals surface area contributed by atoms with Crippen molar-refractivity contribution in [2.24, 2.45) is 0 Å². The number of hydrogen-bond acceptors (Lipinski definition) is 2. The van der Waals surface area contributed by atoms with Gasteiger partial charge in [-0.15, -0.1) is 0 Å². The summed E-state index contributed by atoms with van der Waals surface area (Å²) in [5.41, 5.74) is 3.96. The van der Waals surface area contributed by atoms with E-state index >= 15 is 0 Å². The highest BCUT2D eigenvalue weighted by atomic mass is 79.9. The molecule has 0 aliphatic carbocycles. The van der Waals surface area contributed by atoms with Crippen LogP contribution in [0.4, 0.5) is 5.69 Å². The number of carbonyl (C=O) groups excluding carboxylic acids is 1. The summed E-state index contributed by atoms with van der Waals surface area (Å²) in [4.78, 5) is 12.4. The van der Waals surface area contributed by atoms with Crippen LogP contribution >= 0.6 is 31.9 Å². The van der Waals surface area contributed by atoms with Crippen LogP contribution in [0.5, 0.6) is 0 Å². The molecule has 3 rings (SSSR count). The van der Waals surface area contributed by atoms with E-state index in [9.17, 15) is 4.79 Å². The van der Waals surface area contributed by atoms with Gasteiger partial charge in [-0.25, -0.2) is 0 Å². The van der Waals surface area contributed by atoms with Crippen LogP contribution in [0.2, 0.25) is 0 Å². The topological polar surface area (TPSA) is 41.1 Å². The summed E-state index contributed by atoms with van der Waals surface area (Å²) in [6, 6.07) is 11.6. The van der Waals surface area contributed by atoms with Crippen LogP contribution in [-0.4, -0.2) is 12.5 Å². The van der Waals surface area contributed by atoms with Gasteiger partial charge in [0.05, 0.1) is 5.69 Å². The van der Waals surface area contributed by atoms with Crippen molar-refractivity contribution in [3.05, 3.63) is 62.0 Å². The molecule has 108 valence electrons. The molecule has 0 fully saturated rings. The zero-order valence-corrected chi connectivity index (χ0v) is 14.4. The second-order valence-electron chi connectivity index (χ2n) is 4.96. The van der Waals surface area contributed by atoms with Crippen LogP contribution in [0.3, 0.4) is 0 Å². The number of fused-ring (bicyclic) bond motifs is 1. The maximum absolute atomic E-state index is 12.4. The van der Waals surface area contributed by atoms with Gasteiger partial charge in [0.2, 0.25) is 0 Å². The molecule has 0 saturated heterocycles. The molecular formula is C16H14Br2N2O. The Morgan fingerprint density at radius 3 is 2.62 bits per heavy atom. The van der Waals surface area contributed by atoms with Crippen molar-refractivity contribution in [2.45, 2.75) is 13.0 Å². The number of amides is 1. The lowest BCUT2D eigenvalue weighted by atomic mass is 9.98. The molecule has 2 aromatic rings. The molecular weight excluding hydrogens is 396 g/mol. The van der Waals surface area contributed by atoms with Crippen molar-refractivity contribution in [1.29, 1.82) is 0 Å². The number of benzene rings is 2. The Morgan fingerprint density at radius 1 is 1.10 bits per heavy atom. The summed E-state index contributed by atoms with van der Waals surface area (Å²) >= 11 is 6.91. The molecule has 0 saturated carbocycles. The van der Waals surface area contributed by atoms with E-state index in [0.717, 1.165) is 34.1 Å². The predicted octanol–water partition coefficient (Wildman–Crippen LogP) is 4.11. The fourth-order valence-electron chi connectivity index (χ4n) is 2.42. The highest BCUT2D eigenvalue weighted by Crippen LogP contribution is 2.31. The Hall–Kier alpha value is -1.17. The fourth-order valence-corrected chi connectivity index (χ4v) is 3.62. The van der Waals surface area contributed by atoms with Gasteiger partial charge in [0.25, 0.3) is 5.91 Å². The van der Waals surface area contributed by atoms with Gasteiger partial charge in [0, 0.05) is 21.1 Å². The van der Waals surface area contributed by atoms with E-state index in [1.165, 1.54) is 11.1 Å². The standard InChI is InChI=1S/C16H14Br2N2O/c17-13-2-1-3-14(18)15(13)20-16(21)11-5-4-10-6-7-19-9-12(10)8-11/h1-5,8,19H,6-7,9H2,(H,20,21). The van der Waals surface area contributed by atoms with Gasteiger partial charge in [-0.05, 0) is 80.2 Å². The number of carbonyl (C=O) groups is 1. The summed E-state index contributed by atoms with van der Waals surface area (Å²) in [5, 5.41) is 6.28. The summed E-state index contributed by atoms with van der Waals surface area (Å²) < 4.78 is 1.70. The Balaban J connectivity index is 1.86. The molecule has 3 nitrogen and oxygen atoms in total. The van der Waals surface area contributed by atoms with E-state index in [2.05, 4.69) is 48.6 Å². The van der Waals surface area contributed by atoms with Gasteiger partial charge < -0.3 is 10.6 Å². The predicted molar refractivity (Wildman–Crippen MR) is 91.6 cm³/mol. The van der Waals surface area contributed by atoms with Crippen molar-refractivity contribution in [3.8, 4) is 0 Å². The van der Waals surface area contributed by atoms with Crippen molar-refractivity contribution in [2.75, 3.05) is 11.9 Å². The lowest BCUT2D eigenvalue weighted by Crippen LogP contribution is -2.24. The number of anilines is 1. The van der Waals surface area contributed by atoms with Crippen LogP contribution in [0.25, 0.3) is 0 Å². The van der Waals surface area contributed by atoms with Gasteiger partial charge in [-0.3, -0.25) is 4.79 Å². The molecule has 2 aromatic carbocycles. The minimum atomic E-state index is -0.101. The lowest BCUT2D eigenvalue weighted by molar-refractivity contribution is 0.102. The van der Waals surface area contributed by atoms with Crippen LogP contribution in [0.1, 0.15) is 21.5 Å². The zero-order chi connectivity index (χ0) is 14.8. The van der Waals surface area contributed by atoms with Gasteiger partial charge in [-0.2, -0.15) is 0 Å². The molecule has 2 N–H and O–H groups in total. The van der Waals surface area contributed by atoms with Crippen LogP contribution in [-0.2, 0) is 13.0 Å². The minimum absolute atomic E-state index is 0.101. The smallest absolute Gasteiger partial charge is 0.255 e. The molecule has 0 atom stereocenters. The molecule has 1 aliphatic heterocycles. The molecule has 0 aromatic heterocycles. The van der Waals surface area contributed by atoms with Gasteiger partial charge in [0.15, 0.2) is 0 Å². The van der Waals surface area contributed by atoms with E-state index in [0.29, 0.717) is 5.56 Å². The monoisotopic (exact) mass is 408 g/mol. The summed E-state index contributed by atoms with van der Waals surface area (Å²) in [5.74, 6) is -0.101. The molecule has 0 spiro atoms. The molecule has 0 radical (unpaired) electrons. The molecule has 1 heterocycles. The molecule has 5 heteroatoms. The summed E-state index contributed by atoms with van der Waals surface area (Å²) in [6.07, 6.45) is 1.02. The highest BCUT2D eigenvalue weighted by Gasteiger charge is 2.14. The third-order valence-electron chi connectivity index (χ3n) is 3.56. The number of nitrogens with one attached hydrogen (secondary N) is 2. The first-order valence-corrected chi connectivity index (χ1v) is 8.31. The summed E-state index contributed by atoms with van der Waals surface area (Å²) in [7, 11) is 0. The number of rotatable bonds is 2. The first-order chi connectivity index (χ1) is 10.1. The Labute approximate surface area is 140 Å². The summed E-state index contributed by atoms with van der Waals surface area (Å²) in [6.45, 7) is 1.83. The third kappa shape index (κ3) is 3.20. The SMILES string of the molecule is O=C(Nc1c(Br)cccc1Br)c1ccc2c(c1)CNCC2. The Morgan fingerprint density at radius 2 is 1.86 bits per heavy atom. The minimum Gasteiger partial charge on any atom is -0.320 e. The van der Waals surface area contributed by atoms with Crippen LogP contribution in [0.15, 0.2) is 45.3 Å². The van der Waals surface area contributed by atoms with Gasteiger partial charge >= 0.3 is 0 Å². The fraction of sp³-hybridized carbons (Fsp3) is 0.188. The zero-order valence-electron chi connectivity index (χ0n) is 11.2. The quantitative estimate of drug-likeness (QED) is 0.783. The van der Waals surface area contributed by atoms with Crippen molar-refractivity contribution >= 4 is 43.5 Å². The molecule has 0 bridgehead atoms. The lowest BCUT2D eigenvalue weighted by Gasteiger charge is -2.18. The number of halogens is 2. The molecule has 21 heavy (non-hydrogen) atoms. The molecule has 1 amide bonds. The normalized spacial score (nSPS) is 13.6. The van der Waals surface area contributed by atoms with E-state index in [4.69, 9.17) is 0 Å². The Kier molecular flexibility index (Phi) is 4.42. The van der Waals surface area contributed by atoms with E-state index in [1.807, 2.05) is 30.3 Å². The first kappa shape index (κ1) is 14.8. The maximum Gasteiger partial charge on any atom is 0.255 e. The second-order valence-corrected chi connectivity index (χ2v) is 6.67. The third-order valence-corrected chi connectivity index (χ3v) is 4.88. The Bertz CT molecular complexity index is 680. The van der Waals surface area contributed by atoms with E-state index in [-0.39, 0.29) is 5.91 Å². The van der Waals surface area contributed by atoms with Crippen LogP contribution < -0.4 is 10.6 Å². The average Bonchev–Trinajstić information content (AvgIpc) is 2.50. The number of para-hydroxylation sites is 1. The first-order valence-electron chi connectivity index (χ1n) is 6.73. The van der Waals surface area contributed by atoms with Crippen molar-refractivity contribution in [1.82, 2.24) is 5.32 Å². The maximum atomic E-state index is 12.4. The van der Waals surface area contributed by atoms with Crippen molar-refractivity contribution < 1.29 is 4.79 Å². The van der Waals surface area contributed by atoms with Gasteiger partial charge in [0.1, 0.15) is 0 Å². The number of hydrogen-bond donors (Lipinski definition) is 2. The van der Waals surface area contributed by atoms with Gasteiger partial charge in [-0.1, -0.05) is 12.1 Å². The average molecular weight is 410 g/mol. The molecule has 1 aliphatic rings. The van der Waals surface area contributed by atoms with Crippen LogP contribution in [0, 0.1) is 0 Å². The molecule has 0 unspecified atom stereocenters.